The van der Waals surface area contributed by atoms with Gasteiger partial charge in [-0.3, -0.25) is 10.1 Å². The molecule has 1 amide bonds. The van der Waals surface area contributed by atoms with Crippen LogP contribution in [0, 0.1) is 12.7 Å². The fourth-order valence-corrected chi connectivity index (χ4v) is 1.23. The first kappa shape index (κ1) is 12.6. The molecule has 0 atom stereocenters. The van der Waals surface area contributed by atoms with Crippen LogP contribution in [-0.2, 0) is 11.3 Å². The third kappa shape index (κ3) is 3.03. The Kier molecular flexibility index (Phi) is 3.65. The Bertz CT molecular complexity index is 402. The Morgan fingerprint density at radius 3 is 2.62 bits per heavy atom. The summed E-state index contributed by atoms with van der Waals surface area (Å²) in [5, 5.41) is 3.02. The predicted molar refractivity (Wildman–Crippen MR) is 61.3 cm³/mol. The monoisotopic (exact) mass is 224 g/mol. The van der Waals surface area contributed by atoms with Gasteiger partial charge in [0.25, 0.3) is 0 Å². The minimum absolute atomic E-state index is 0.224. The number of aryl methyl sites for hydroxylation is 1. The van der Waals surface area contributed by atoms with Crippen LogP contribution in [0.25, 0.3) is 0 Å². The van der Waals surface area contributed by atoms with Crippen LogP contribution in [0.1, 0.15) is 25.0 Å². The first-order valence-electron chi connectivity index (χ1n) is 5.13. The van der Waals surface area contributed by atoms with E-state index in [1.165, 1.54) is 6.07 Å². The third-order valence-corrected chi connectivity index (χ3v) is 2.57. The summed E-state index contributed by atoms with van der Waals surface area (Å²) in [6.07, 6.45) is 0. The summed E-state index contributed by atoms with van der Waals surface area (Å²) in [6, 6.07) is 4.86. The van der Waals surface area contributed by atoms with Gasteiger partial charge in [-0.2, -0.15) is 0 Å². The zero-order valence-corrected chi connectivity index (χ0v) is 9.80. The van der Waals surface area contributed by atoms with E-state index in [9.17, 15) is 9.18 Å². The van der Waals surface area contributed by atoms with Crippen LogP contribution >= 0.6 is 0 Å². The molecule has 16 heavy (non-hydrogen) atoms. The van der Waals surface area contributed by atoms with Crippen LogP contribution in [-0.4, -0.2) is 11.4 Å². The molecule has 0 bridgehead atoms. The maximum Gasteiger partial charge on any atom is 0.237 e. The van der Waals surface area contributed by atoms with E-state index in [1.807, 2.05) is 0 Å². The third-order valence-electron chi connectivity index (χ3n) is 2.57. The lowest BCUT2D eigenvalue weighted by molar-refractivity contribution is -0.123. The lowest BCUT2D eigenvalue weighted by atomic mass is 10.0. The molecule has 1 aromatic carbocycles. The Labute approximate surface area is 94.8 Å². The van der Waals surface area contributed by atoms with E-state index < -0.39 is 11.4 Å². The SMILES string of the molecule is Cc1cc(CNC(C)(C)C(N)=O)ccc1F. The molecule has 0 radical (unpaired) electrons. The van der Waals surface area contributed by atoms with Gasteiger partial charge in [0.15, 0.2) is 0 Å². The molecule has 0 saturated carbocycles. The number of nitrogens with one attached hydrogen (secondary N) is 1. The fourth-order valence-electron chi connectivity index (χ4n) is 1.23. The summed E-state index contributed by atoms with van der Waals surface area (Å²) in [5.41, 5.74) is 5.98. The molecular weight excluding hydrogens is 207 g/mol. The zero-order valence-electron chi connectivity index (χ0n) is 9.80. The standard InChI is InChI=1S/C12H17FN2O/c1-8-6-9(4-5-10(8)13)7-15-12(2,3)11(14)16/h4-6,15H,7H2,1-3H3,(H2,14,16). The molecule has 0 aliphatic heterocycles. The first-order valence-corrected chi connectivity index (χ1v) is 5.13. The van der Waals surface area contributed by atoms with Crippen molar-refractivity contribution >= 4 is 5.91 Å². The number of amides is 1. The van der Waals surface area contributed by atoms with Gasteiger partial charge >= 0.3 is 0 Å². The molecule has 0 heterocycles. The Morgan fingerprint density at radius 1 is 1.50 bits per heavy atom. The van der Waals surface area contributed by atoms with Crippen LogP contribution in [0.2, 0.25) is 0 Å². The van der Waals surface area contributed by atoms with Crippen molar-refractivity contribution in [1.29, 1.82) is 0 Å². The second-order valence-electron chi connectivity index (χ2n) is 4.43. The minimum Gasteiger partial charge on any atom is -0.368 e. The highest BCUT2D eigenvalue weighted by Gasteiger charge is 2.23. The van der Waals surface area contributed by atoms with Crippen molar-refractivity contribution in [2.45, 2.75) is 32.9 Å². The van der Waals surface area contributed by atoms with E-state index in [-0.39, 0.29) is 5.82 Å². The molecule has 0 unspecified atom stereocenters. The molecule has 1 aromatic rings. The van der Waals surface area contributed by atoms with Gasteiger partial charge < -0.3 is 5.73 Å². The quantitative estimate of drug-likeness (QED) is 0.814. The Morgan fingerprint density at radius 2 is 2.12 bits per heavy atom. The van der Waals surface area contributed by atoms with Gasteiger partial charge in [0.1, 0.15) is 5.82 Å². The topological polar surface area (TPSA) is 55.1 Å². The van der Waals surface area contributed by atoms with Gasteiger partial charge in [0.2, 0.25) is 5.91 Å². The van der Waals surface area contributed by atoms with Crippen molar-refractivity contribution < 1.29 is 9.18 Å². The lowest BCUT2D eigenvalue weighted by Crippen LogP contribution is -2.50. The van der Waals surface area contributed by atoms with Gasteiger partial charge in [0.05, 0.1) is 5.54 Å². The van der Waals surface area contributed by atoms with Gasteiger partial charge in [-0.1, -0.05) is 12.1 Å². The molecule has 88 valence electrons. The Hall–Kier alpha value is -1.42. The zero-order chi connectivity index (χ0) is 12.3. The molecule has 4 heteroatoms. The average molecular weight is 224 g/mol. The summed E-state index contributed by atoms with van der Waals surface area (Å²) in [4.78, 5) is 11.1. The molecule has 3 N–H and O–H groups in total. The molecule has 0 aliphatic carbocycles. The van der Waals surface area contributed by atoms with Crippen LogP contribution in [0.3, 0.4) is 0 Å². The number of primary amides is 1. The fraction of sp³-hybridized carbons (Fsp3) is 0.417. The summed E-state index contributed by atoms with van der Waals surface area (Å²) >= 11 is 0. The predicted octanol–water partition coefficient (Wildman–Crippen LogP) is 1.49. The molecule has 0 fully saturated rings. The molecular formula is C12H17FN2O. The summed E-state index contributed by atoms with van der Waals surface area (Å²) < 4.78 is 13.0. The van der Waals surface area contributed by atoms with Crippen molar-refractivity contribution in [3.63, 3.8) is 0 Å². The summed E-state index contributed by atoms with van der Waals surface area (Å²) in [5.74, 6) is -0.635. The first-order chi connectivity index (χ1) is 7.33. The van der Waals surface area contributed by atoms with E-state index >= 15 is 0 Å². The van der Waals surface area contributed by atoms with Gasteiger partial charge in [-0.15, -0.1) is 0 Å². The van der Waals surface area contributed by atoms with Gasteiger partial charge in [-0.25, -0.2) is 4.39 Å². The van der Waals surface area contributed by atoms with Crippen LogP contribution < -0.4 is 11.1 Å². The lowest BCUT2D eigenvalue weighted by Gasteiger charge is -2.22. The molecule has 0 spiro atoms. The number of carbonyl (C=O) groups excluding carboxylic acids is 1. The number of halogens is 1. The van der Waals surface area contributed by atoms with Crippen molar-refractivity contribution in [1.82, 2.24) is 5.32 Å². The maximum absolute atomic E-state index is 13.0. The van der Waals surface area contributed by atoms with Crippen molar-refractivity contribution in [3.8, 4) is 0 Å². The molecule has 0 aromatic heterocycles. The molecule has 3 nitrogen and oxygen atoms in total. The second kappa shape index (κ2) is 4.61. The van der Waals surface area contributed by atoms with Gasteiger partial charge in [-0.05, 0) is 38.0 Å². The van der Waals surface area contributed by atoms with Crippen LogP contribution in [0.5, 0.6) is 0 Å². The number of rotatable bonds is 4. The highest BCUT2D eigenvalue weighted by Crippen LogP contribution is 2.10. The van der Waals surface area contributed by atoms with E-state index in [1.54, 1.807) is 32.9 Å². The average Bonchev–Trinajstić information content (AvgIpc) is 2.20. The maximum atomic E-state index is 13.0. The van der Waals surface area contributed by atoms with E-state index in [0.29, 0.717) is 12.1 Å². The van der Waals surface area contributed by atoms with Crippen molar-refractivity contribution in [2.24, 2.45) is 5.73 Å². The number of benzene rings is 1. The number of carbonyl (C=O) groups is 1. The Balaban J connectivity index is 2.68. The van der Waals surface area contributed by atoms with Crippen LogP contribution in [0.4, 0.5) is 4.39 Å². The number of hydrogen-bond donors (Lipinski definition) is 2. The minimum atomic E-state index is -0.762. The second-order valence-corrected chi connectivity index (χ2v) is 4.43. The van der Waals surface area contributed by atoms with Gasteiger partial charge in [0, 0.05) is 6.54 Å². The summed E-state index contributed by atoms with van der Waals surface area (Å²) in [6.45, 7) is 5.62. The van der Waals surface area contributed by atoms with Crippen molar-refractivity contribution in [3.05, 3.63) is 35.1 Å². The largest absolute Gasteiger partial charge is 0.368 e. The highest BCUT2D eigenvalue weighted by atomic mass is 19.1. The smallest absolute Gasteiger partial charge is 0.237 e. The van der Waals surface area contributed by atoms with Crippen molar-refractivity contribution in [2.75, 3.05) is 0 Å². The molecule has 0 aliphatic rings. The van der Waals surface area contributed by atoms with E-state index in [4.69, 9.17) is 5.73 Å². The number of nitrogens with two attached hydrogens (primary N) is 1. The molecule has 1 rings (SSSR count). The van der Waals surface area contributed by atoms with E-state index in [0.717, 1.165) is 5.56 Å². The highest BCUT2D eigenvalue weighted by molar-refractivity contribution is 5.83. The molecule has 0 saturated heterocycles. The van der Waals surface area contributed by atoms with Crippen LogP contribution in [0.15, 0.2) is 18.2 Å². The summed E-state index contributed by atoms with van der Waals surface area (Å²) in [7, 11) is 0. The van der Waals surface area contributed by atoms with E-state index in [2.05, 4.69) is 5.32 Å². The normalized spacial score (nSPS) is 11.5. The number of hydrogen-bond acceptors (Lipinski definition) is 2.